The first-order valence-electron chi connectivity index (χ1n) is 7.60. The summed E-state index contributed by atoms with van der Waals surface area (Å²) in [6, 6.07) is 9.84. The van der Waals surface area contributed by atoms with Gasteiger partial charge in [-0.05, 0) is 38.4 Å². The molecule has 1 aromatic rings. The third kappa shape index (κ3) is 13.4. The third-order valence-electron chi connectivity index (χ3n) is 2.94. The van der Waals surface area contributed by atoms with Crippen LogP contribution in [-0.4, -0.2) is 48.3 Å². The molecule has 0 aliphatic carbocycles. The molecule has 1 rings (SSSR count). The lowest BCUT2D eigenvalue weighted by molar-refractivity contribution is -0.137. The quantitative estimate of drug-likeness (QED) is 0.403. The molecule has 0 saturated heterocycles. The predicted octanol–water partition coefficient (Wildman–Crippen LogP) is 0.821. The summed E-state index contributed by atoms with van der Waals surface area (Å²) in [5, 5.41) is 22.3. The highest BCUT2D eigenvalue weighted by atomic mass is 16.4. The summed E-state index contributed by atoms with van der Waals surface area (Å²) in [5.74, 6) is -1.64. The molecule has 0 fully saturated rings. The van der Waals surface area contributed by atoms with E-state index in [9.17, 15) is 9.59 Å². The summed E-state index contributed by atoms with van der Waals surface area (Å²) >= 11 is 0. The number of hydrogen-bond acceptors (Lipinski definition) is 5. The molecule has 0 radical (unpaired) electrons. The minimum atomic E-state index is -0.831. The number of benzene rings is 1. The number of hydrogen-bond donors (Lipinski definition) is 5. The van der Waals surface area contributed by atoms with Crippen LogP contribution in [0.3, 0.4) is 0 Å². The molecule has 1 atom stereocenters. The van der Waals surface area contributed by atoms with E-state index in [0.29, 0.717) is 6.54 Å². The van der Waals surface area contributed by atoms with Gasteiger partial charge in [-0.15, -0.1) is 0 Å². The van der Waals surface area contributed by atoms with Crippen LogP contribution < -0.4 is 16.4 Å². The highest BCUT2D eigenvalue weighted by molar-refractivity contribution is 5.69. The minimum absolute atomic E-state index is 0.00391. The summed E-state index contributed by atoms with van der Waals surface area (Å²) in [7, 11) is 0. The number of rotatable bonds is 10. The molecule has 7 heteroatoms. The van der Waals surface area contributed by atoms with Gasteiger partial charge in [0.05, 0.1) is 13.1 Å². The second kappa shape index (κ2) is 13.7. The van der Waals surface area contributed by atoms with Crippen molar-refractivity contribution in [3.8, 4) is 0 Å². The van der Waals surface area contributed by atoms with E-state index in [-0.39, 0.29) is 19.1 Å². The smallest absolute Gasteiger partial charge is 0.317 e. The predicted molar refractivity (Wildman–Crippen MR) is 89.3 cm³/mol. The van der Waals surface area contributed by atoms with E-state index >= 15 is 0 Å². The molecule has 0 aliphatic rings. The number of carboxylic acids is 2. The van der Waals surface area contributed by atoms with Crippen molar-refractivity contribution < 1.29 is 19.8 Å². The van der Waals surface area contributed by atoms with Crippen LogP contribution in [0.25, 0.3) is 0 Å². The van der Waals surface area contributed by atoms with Gasteiger partial charge in [-0.3, -0.25) is 9.59 Å². The van der Waals surface area contributed by atoms with Gasteiger partial charge in [0, 0.05) is 6.04 Å². The standard InChI is InChI=1S/C10H13NO2.C6H14N2O2/c1-8(11-7-10(12)13)9-5-3-2-4-6-9;7-3-1-2-4-8-5-6(9)10/h2-6,8,11H,7H2,1H3,(H,12,13);8H,1-5,7H2,(H,9,10)/t8-;/m0./s1. The zero-order chi connectivity index (χ0) is 17.5. The Bertz CT molecular complexity index is 440. The van der Waals surface area contributed by atoms with E-state index < -0.39 is 11.9 Å². The van der Waals surface area contributed by atoms with Crippen molar-refractivity contribution in [1.29, 1.82) is 0 Å². The Labute approximate surface area is 136 Å². The Kier molecular flexibility index (Phi) is 12.5. The van der Waals surface area contributed by atoms with Crippen LogP contribution in [0.4, 0.5) is 0 Å². The van der Waals surface area contributed by atoms with Gasteiger partial charge in [-0.2, -0.15) is 0 Å². The van der Waals surface area contributed by atoms with Crippen molar-refractivity contribution in [2.24, 2.45) is 5.73 Å². The highest BCUT2D eigenvalue weighted by Crippen LogP contribution is 2.10. The van der Waals surface area contributed by atoms with E-state index in [1.807, 2.05) is 37.3 Å². The van der Waals surface area contributed by atoms with Crippen LogP contribution in [0.5, 0.6) is 0 Å². The number of carbonyl (C=O) groups is 2. The Morgan fingerprint density at radius 1 is 1.09 bits per heavy atom. The van der Waals surface area contributed by atoms with E-state index in [2.05, 4.69) is 10.6 Å². The molecule has 0 unspecified atom stereocenters. The molecular weight excluding hydrogens is 298 g/mol. The molecule has 0 heterocycles. The number of aliphatic carboxylic acids is 2. The molecule has 0 aromatic heterocycles. The van der Waals surface area contributed by atoms with Gasteiger partial charge in [0.25, 0.3) is 0 Å². The second-order valence-electron chi connectivity index (χ2n) is 4.97. The van der Waals surface area contributed by atoms with Crippen molar-refractivity contribution in [1.82, 2.24) is 10.6 Å². The fourth-order valence-corrected chi connectivity index (χ4v) is 1.69. The lowest BCUT2D eigenvalue weighted by atomic mass is 10.1. The summed E-state index contributed by atoms with van der Waals surface area (Å²) in [6.07, 6.45) is 1.90. The molecule has 6 N–H and O–H groups in total. The van der Waals surface area contributed by atoms with Crippen molar-refractivity contribution in [3.63, 3.8) is 0 Å². The van der Waals surface area contributed by atoms with E-state index in [1.54, 1.807) is 0 Å². The van der Waals surface area contributed by atoms with Gasteiger partial charge in [0.2, 0.25) is 0 Å². The van der Waals surface area contributed by atoms with Crippen molar-refractivity contribution in [2.45, 2.75) is 25.8 Å². The number of carboxylic acid groups (broad SMARTS) is 2. The van der Waals surface area contributed by atoms with E-state index in [1.165, 1.54) is 0 Å². The zero-order valence-corrected chi connectivity index (χ0v) is 13.5. The maximum atomic E-state index is 10.3. The Hall–Kier alpha value is -1.96. The monoisotopic (exact) mass is 325 g/mol. The van der Waals surface area contributed by atoms with E-state index in [4.69, 9.17) is 15.9 Å². The van der Waals surface area contributed by atoms with Crippen molar-refractivity contribution in [3.05, 3.63) is 35.9 Å². The molecule has 1 aromatic carbocycles. The highest BCUT2D eigenvalue weighted by Gasteiger charge is 2.04. The van der Waals surface area contributed by atoms with Gasteiger partial charge in [0.1, 0.15) is 0 Å². The maximum Gasteiger partial charge on any atom is 0.317 e. The van der Waals surface area contributed by atoms with Crippen LogP contribution >= 0.6 is 0 Å². The Balaban J connectivity index is 0.000000438. The SMILES string of the molecule is C[C@H](NCC(=O)O)c1ccccc1.NCCCCNCC(=O)O. The van der Waals surface area contributed by atoms with Crippen LogP contribution in [0, 0.1) is 0 Å². The van der Waals surface area contributed by atoms with Crippen molar-refractivity contribution >= 4 is 11.9 Å². The van der Waals surface area contributed by atoms with Crippen LogP contribution in [-0.2, 0) is 9.59 Å². The molecule has 7 nitrogen and oxygen atoms in total. The lowest BCUT2D eigenvalue weighted by Crippen LogP contribution is -2.25. The summed E-state index contributed by atoms with van der Waals surface area (Å²) < 4.78 is 0. The largest absolute Gasteiger partial charge is 0.480 e. The number of unbranched alkanes of at least 4 members (excludes halogenated alkanes) is 1. The Morgan fingerprint density at radius 2 is 1.70 bits per heavy atom. The first kappa shape index (κ1) is 21.0. The summed E-state index contributed by atoms with van der Waals surface area (Å²) in [5.41, 5.74) is 6.33. The zero-order valence-electron chi connectivity index (χ0n) is 13.5. The molecule has 23 heavy (non-hydrogen) atoms. The first-order valence-corrected chi connectivity index (χ1v) is 7.60. The molecule has 0 spiro atoms. The first-order chi connectivity index (χ1) is 11.0. The number of nitrogens with one attached hydrogen (secondary N) is 2. The van der Waals surface area contributed by atoms with Gasteiger partial charge in [-0.25, -0.2) is 0 Å². The molecule has 130 valence electrons. The van der Waals surface area contributed by atoms with Crippen LogP contribution in [0.15, 0.2) is 30.3 Å². The topological polar surface area (TPSA) is 125 Å². The van der Waals surface area contributed by atoms with Gasteiger partial charge < -0.3 is 26.6 Å². The average Bonchev–Trinajstić information content (AvgIpc) is 2.53. The second-order valence-corrected chi connectivity index (χ2v) is 4.97. The van der Waals surface area contributed by atoms with E-state index in [0.717, 1.165) is 24.9 Å². The van der Waals surface area contributed by atoms with Gasteiger partial charge >= 0.3 is 11.9 Å². The Morgan fingerprint density at radius 3 is 2.22 bits per heavy atom. The molecular formula is C16H27N3O4. The minimum Gasteiger partial charge on any atom is -0.480 e. The van der Waals surface area contributed by atoms with Crippen LogP contribution in [0.2, 0.25) is 0 Å². The van der Waals surface area contributed by atoms with Crippen LogP contribution in [0.1, 0.15) is 31.4 Å². The lowest BCUT2D eigenvalue weighted by Gasteiger charge is -2.11. The maximum absolute atomic E-state index is 10.3. The number of nitrogens with two attached hydrogens (primary N) is 1. The third-order valence-corrected chi connectivity index (χ3v) is 2.94. The fraction of sp³-hybridized carbons (Fsp3) is 0.500. The summed E-state index contributed by atoms with van der Waals surface area (Å²) in [6.45, 7) is 3.40. The van der Waals surface area contributed by atoms with Gasteiger partial charge in [-0.1, -0.05) is 30.3 Å². The molecule has 0 saturated carbocycles. The molecule has 0 amide bonds. The molecule has 0 bridgehead atoms. The average molecular weight is 325 g/mol. The van der Waals surface area contributed by atoms with Crippen molar-refractivity contribution in [2.75, 3.05) is 26.2 Å². The fourth-order valence-electron chi connectivity index (χ4n) is 1.69. The summed E-state index contributed by atoms with van der Waals surface area (Å²) in [4.78, 5) is 20.2. The van der Waals surface area contributed by atoms with Gasteiger partial charge in [0.15, 0.2) is 0 Å². The molecule has 0 aliphatic heterocycles. The normalized spacial score (nSPS) is 11.2.